The first-order valence-corrected chi connectivity index (χ1v) is 8.30. The van der Waals surface area contributed by atoms with Gasteiger partial charge in [-0.3, -0.25) is 0 Å². The molecular formula is C22H22O3. The standard InChI is InChI=1S/C22H22O3/c1-16-6-3-8-18(12-16)14-24-21-11-5-10-20(23)22(21)25-15-19-9-4-7-17(2)13-19/h3-13,23H,14-15H2,1-2H3. The first kappa shape index (κ1) is 16.9. The smallest absolute Gasteiger partial charge is 0.203 e. The summed E-state index contributed by atoms with van der Waals surface area (Å²) in [5.74, 6) is 0.986. The minimum atomic E-state index is 0.0781. The Morgan fingerprint density at radius 3 is 1.88 bits per heavy atom. The number of hydrogen-bond acceptors (Lipinski definition) is 3. The molecule has 0 fully saturated rings. The van der Waals surface area contributed by atoms with Crippen molar-refractivity contribution in [3.05, 3.63) is 89.0 Å². The third-order valence-corrected chi connectivity index (χ3v) is 3.90. The lowest BCUT2D eigenvalue weighted by Crippen LogP contribution is -2.01. The number of phenolic OH excluding ortho intramolecular Hbond substituents is 1. The van der Waals surface area contributed by atoms with Crippen LogP contribution >= 0.6 is 0 Å². The Morgan fingerprint density at radius 2 is 1.28 bits per heavy atom. The molecule has 0 saturated heterocycles. The lowest BCUT2D eigenvalue weighted by molar-refractivity contribution is 0.246. The van der Waals surface area contributed by atoms with Gasteiger partial charge in [0.2, 0.25) is 5.75 Å². The molecule has 0 spiro atoms. The van der Waals surface area contributed by atoms with Crippen LogP contribution in [0, 0.1) is 13.8 Å². The van der Waals surface area contributed by atoms with Crippen molar-refractivity contribution in [2.24, 2.45) is 0 Å². The van der Waals surface area contributed by atoms with Gasteiger partial charge in [-0.15, -0.1) is 0 Å². The van der Waals surface area contributed by atoms with E-state index in [4.69, 9.17) is 9.47 Å². The Morgan fingerprint density at radius 1 is 0.720 bits per heavy atom. The average Bonchev–Trinajstić information content (AvgIpc) is 2.59. The number of aryl methyl sites for hydroxylation is 2. The van der Waals surface area contributed by atoms with Gasteiger partial charge in [-0.1, -0.05) is 65.7 Å². The van der Waals surface area contributed by atoms with Crippen molar-refractivity contribution in [2.45, 2.75) is 27.1 Å². The maximum Gasteiger partial charge on any atom is 0.203 e. The van der Waals surface area contributed by atoms with Crippen LogP contribution in [0.5, 0.6) is 17.2 Å². The lowest BCUT2D eigenvalue weighted by atomic mass is 10.1. The Balaban J connectivity index is 1.73. The second-order valence-corrected chi connectivity index (χ2v) is 6.16. The van der Waals surface area contributed by atoms with Gasteiger partial charge in [0, 0.05) is 0 Å². The number of aromatic hydroxyl groups is 1. The summed E-state index contributed by atoms with van der Waals surface area (Å²) in [6.45, 7) is 4.89. The minimum absolute atomic E-state index is 0.0781. The predicted molar refractivity (Wildman–Crippen MR) is 99.1 cm³/mol. The second-order valence-electron chi connectivity index (χ2n) is 6.16. The van der Waals surface area contributed by atoms with E-state index in [1.807, 2.05) is 50.2 Å². The molecule has 0 amide bonds. The molecule has 0 aliphatic heterocycles. The Kier molecular flexibility index (Phi) is 5.24. The monoisotopic (exact) mass is 334 g/mol. The van der Waals surface area contributed by atoms with E-state index in [0.717, 1.165) is 11.1 Å². The van der Waals surface area contributed by atoms with Gasteiger partial charge in [0.25, 0.3) is 0 Å². The quantitative estimate of drug-likeness (QED) is 0.676. The first-order valence-electron chi connectivity index (χ1n) is 8.30. The molecule has 0 saturated carbocycles. The van der Waals surface area contributed by atoms with Gasteiger partial charge < -0.3 is 14.6 Å². The van der Waals surface area contributed by atoms with Crippen LogP contribution in [-0.2, 0) is 13.2 Å². The van der Waals surface area contributed by atoms with Gasteiger partial charge in [-0.2, -0.15) is 0 Å². The van der Waals surface area contributed by atoms with Crippen molar-refractivity contribution in [3.63, 3.8) is 0 Å². The van der Waals surface area contributed by atoms with Crippen LogP contribution in [0.3, 0.4) is 0 Å². The molecule has 0 bridgehead atoms. The van der Waals surface area contributed by atoms with Crippen molar-refractivity contribution in [3.8, 4) is 17.2 Å². The number of phenols is 1. The number of rotatable bonds is 6. The van der Waals surface area contributed by atoms with E-state index in [-0.39, 0.29) is 5.75 Å². The van der Waals surface area contributed by atoms with E-state index >= 15 is 0 Å². The minimum Gasteiger partial charge on any atom is -0.504 e. The molecule has 3 aromatic rings. The van der Waals surface area contributed by atoms with E-state index < -0.39 is 0 Å². The molecule has 1 N–H and O–H groups in total. The van der Waals surface area contributed by atoms with E-state index in [0.29, 0.717) is 24.7 Å². The fraction of sp³-hybridized carbons (Fsp3) is 0.182. The molecule has 0 atom stereocenters. The summed E-state index contributed by atoms with van der Waals surface area (Å²) >= 11 is 0. The highest BCUT2D eigenvalue weighted by molar-refractivity contribution is 5.50. The maximum absolute atomic E-state index is 10.2. The third-order valence-electron chi connectivity index (χ3n) is 3.90. The normalized spacial score (nSPS) is 10.5. The molecule has 0 unspecified atom stereocenters. The zero-order valence-electron chi connectivity index (χ0n) is 14.5. The molecule has 128 valence electrons. The fourth-order valence-corrected chi connectivity index (χ4v) is 2.68. The number of para-hydroxylation sites is 1. The Labute approximate surface area is 148 Å². The summed E-state index contributed by atoms with van der Waals surface area (Å²) in [5, 5.41) is 10.2. The highest BCUT2D eigenvalue weighted by Crippen LogP contribution is 2.37. The number of ether oxygens (including phenoxy) is 2. The largest absolute Gasteiger partial charge is 0.504 e. The van der Waals surface area contributed by atoms with Crippen molar-refractivity contribution >= 4 is 0 Å². The fourth-order valence-electron chi connectivity index (χ4n) is 2.68. The maximum atomic E-state index is 10.2. The predicted octanol–water partition coefficient (Wildman–Crippen LogP) is 5.17. The molecular weight excluding hydrogens is 312 g/mol. The van der Waals surface area contributed by atoms with Crippen LogP contribution in [0.1, 0.15) is 22.3 Å². The third kappa shape index (κ3) is 4.54. The van der Waals surface area contributed by atoms with Crippen LogP contribution in [0.4, 0.5) is 0 Å². The van der Waals surface area contributed by atoms with E-state index in [9.17, 15) is 5.11 Å². The zero-order valence-corrected chi connectivity index (χ0v) is 14.5. The zero-order chi connectivity index (χ0) is 17.6. The van der Waals surface area contributed by atoms with Crippen LogP contribution in [0.25, 0.3) is 0 Å². The highest BCUT2D eigenvalue weighted by atomic mass is 16.5. The van der Waals surface area contributed by atoms with Crippen LogP contribution in [0.2, 0.25) is 0 Å². The molecule has 3 rings (SSSR count). The average molecular weight is 334 g/mol. The van der Waals surface area contributed by atoms with E-state index in [1.165, 1.54) is 11.1 Å². The molecule has 25 heavy (non-hydrogen) atoms. The van der Waals surface area contributed by atoms with Crippen LogP contribution in [-0.4, -0.2) is 5.11 Å². The van der Waals surface area contributed by atoms with Gasteiger partial charge in [-0.05, 0) is 37.1 Å². The molecule has 3 nitrogen and oxygen atoms in total. The van der Waals surface area contributed by atoms with Gasteiger partial charge in [0.15, 0.2) is 11.5 Å². The number of hydrogen-bond donors (Lipinski definition) is 1. The number of benzene rings is 3. The van der Waals surface area contributed by atoms with Crippen molar-refractivity contribution in [1.29, 1.82) is 0 Å². The van der Waals surface area contributed by atoms with Gasteiger partial charge in [-0.25, -0.2) is 0 Å². The molecule has 0 aliphatic rings. The lowest BCUT2D eigenvalue weighted by Gasteiger charge is -2.14. The summed E-state index contributed by atoms with van der Waals surface area (Å²) in [4.78, 5) is 0. The van der Waals surface area contributed by atoms with Crippen molar-refractivity contribution in [1.82, 2.24) is 0 Å². The Bertz CT molecular complexity index is 855. The second kappa shape index (κ2) is 7.75. The van der Waals surface area contributed by atoms with Crippen molar-refractivity contribution in [2.75, 3.05) is 0 Å². The van der Waals surface area contributed by atoms with Gasteiger partial charge in [0.1, 0.15) is 13.2 Å². The summed E-state index contributed by atoms with van der Waals surface area (Å²) in [6.07, 6.45) is 0. The molecule has 0 aromatic heterocycles. The summed E-state index contributed by atoms with van der Waals surface area (Å²) in [5.41, 5.74) is 4.49. The molecule has 0 heterocycles. The summed E-state index contributed by atoms with van der Waals surface area (Å²) < 4.78 is 11.7. The molecule has 0 aliphatic carbocycles. The molecule has 0 radical (unpaired) electrons. The molecule has 3 heteroatoms. The van der Waals surface area contributed by atoms with E-state index in [1.54, 1.807) is 18.2 Å². The topological polar surface area (TPSA) is 38.7 Å². The van der Waals surface area contributed by atoms with Gasteiger partial charge >= 0.3 is 0 Å². The Hall–Kier alpha value is -2.94. The summed E-state index contributed by atoms with van der Waals surface area (Å²) in [7, 11) is 0. The highest BCUT2D eigenvalue weighted by Gasteiger charge is 2.11. The van der Waals surface area contributed by atoms with Crippen molar-refractivity contribution < 1.29 is 14.6 Å². The summed E-state index contributed by atoms with van der Waals surface area (Å²) in [6, 6.07) is 21.4. The van der Waals surface area contributed by atoms with E-state index in [2.05, 4.69) is 12.1 Å². The molecule has 3 aromatic carbocycles. The van der Waals surface area contributed by atoms with Gasteiger partial charge in [0.05, 0.1) is 0 Å². The van der Waals surface area contributed by atoms with Crippen LogP contribution < -0.4 is 9.47 Å². The first-order chi connectivity index (χ1) is 12.1. The van der Waals surface area contributed by atoms with Crippen LogP contribution in [0.15, 0.2) is 66.7 Å². The SMILES string of the molecule is Cc1cccc(COc2cccc(O)c2OCc2cccc(C)c2)c1.